The Kier molecular flexibility index (Phi) is 5.27. The zero-order valence-electron chi connectivity index (χ0n) is 18.0. The molecule has 8 nitrogen and oxygen atoms in total. The van der Waals surface area contributed by atoms with E-state index in [2.05, 4.69) is 27.3 Å². The van der Waals surface area contributed by atoms with Crippen LogP contribution in [0.25, 0.3) is 21.7 Å². The molecular formula is C22H25N7OS. The summed E-state index contributed by atoms with van der Waals surface area (Å²) in [6.07, 6.45) is 10.5. The summed E-state index contributed by atoms with van der Waals surface area (Å²) in [7, 11) is 3.59. The van der Waals surface area contributed by atoms with Crippen molar-refractivity contribution in [3.05, 3.63) is 40.3 Å². The summed E-state index contributed by atoms with van der Waals surface area (Å²) >= 11 is 1.78. The minimum absolute atomic E-state index is 0.580. The molecule has 31 heavy (non-hydrogen) atoms. The number of fused-ring (bicyclic) bond motifs is 3. The molecule has 0 atom stereocenters. The number of rotatable bonds is 6. The Morgan fingerprint density at radius 2 is 2.06 bits per heavy atom. The second-order valence-corrected chi connectivity index (χ2v) is 8.73. The van der Waals surface area contributed by atoms with Crippen molar-refractivity contribution in [1.82, 2.24) is 29.7 Å². The Bertz CT molecular complexity index is 1230. The first-order valence-electron chi connectivity index (χ1n) is 10.6. The van der Waals surface area contributed by atoms with Crippen LogP contribution < -0.4 is 10.1 Å². The first kappa shape index (κ1) is 19.9. The minimum Gasteiger partial charge on any atom is -0.481 e. The maximum absolute atomic E-state index is 5.61. The first-order valence-corrected chi connectivity index (χ1v) is 11.4. The van der Waals surface area contributed by atoms with Gasteiger partial charge >= 0.3 is 0 Å². The van der Waals surface area contributed by atoms with Gasteiger partial charge in [0, 0.05) is 30.9 Å². The van der Waals surface area contributed by atoms with E-state index in [-0.39, 0.29) is 0 Å². The summed E-state index contributed by atoms with van der Waals surface area (Å²) < 4.78 is 7.41. The van der Waals surface area contributed by atoms with Crippen molar-refractivity contribution in [2.75, 3.05) is 12.4 Å². The Labute approximate surface area is 184 Å². The average molecular weight is 436 g/mol. The zero-order chi connectivity index (χ0) is 21.4. The highest BCUT2D eigenvalue weighted by molar-refractivity contribution is 7.19. The molecule has 0 unspecified atom stereocenters. The highest BCUT2D eigenvalue weighted by atomic mass is 32.1. The van der Waals surface area contributed by atoms with Crippen molar-refractivity contribution in [2.45, 2.75) is 45.6 Å². The predicted molar refractivity (Wildman–Crippen MR) is 122 cm³/mol. The molecule has 0 bridgehead atoms. The van der Waals surface area contributed by atoms with Gasteiger partial charge in [-0.3, -0.25) is 4.98 Å². The maximum Gasteiger partial charge on any atom is 0.216 e. The van der Waals surface area contributed by atoms with Gasteiger partial charge in [0.1, 0.15) is 16.3 Å². The molecule has 160 valence electrons. The summed E-state index contributed by atoms with van der Waals surface area (Å²) in [6, 6.07) is 0. The fraction of sp³-hybridized carbons (Fsp3) is 0.409. The Hall–Kier alpha value is -3.07. The first-order chi connectivity index (χ1) is 15.2. The highest BCUT2D eigenvalue weighted by Crippen LogP contribution is 2.39. The third kappa shape index (κ3) is 3.52. The van der Waals surface area contributed by atoms with Gasteiger partial charge in [-0.15, -0.1) is 11.3 Å². The van der Waals surface area contributed by atoms with Crippen molar-refractivity contribution in [2.24, 2.45) is 7.05 Å². The van der Waals surface area contributed by atoms with Crippen molar-refractivity contribution in [3.8, 4) is 17.4 Å². The van der Waals surface area contributed by atoms with E-state index in [0.717, 1.165) is 52.4 Å². The van der Waals surface area contributed by atoms with Crippen molar-refractivity contribution < 1.29 is 4.74 Å². The molecule has 0 aromatic carbocycles. The van der Waals surface area contributed by atoms with Crippen molar-refractivity contribution in [1.29, 1.82) is 0 Å². The number of anilines is 1. The van der Waals surface area contributed by atoms with Gasteiger partial charge in [0.15, 0.2) is 5.82 Å². The summed E-state index contributed by atoms with van der Waals surface area (Å²) in [6.45, 7) is 2.69. The van der Waals surface area contributed by atoms with Crippen LogP contribution in [0, 0.1) is 0 Å². The molecule has 0 fully saturated rings. The Balaban J connectivity index is 1.61. The highest BCUT2D eigenvalue weighted by Gasteiger charge is 2.23. The van der Waals surface area contributed by atoms with E-state index in [1.54, 1.807) is 41.7 Å². The van der Waals surface area contributed by atoms with E-state index >= 15 is 0 Å². The summed E-state index contributed by atoms with van der Waals surface area (Å²) in [4.78, 5) is 20.8. The van der Waals surface area contributed by atoms with Crippen molar-refractivity contribution in [3.63, 3.8) is 0 Å². The SMILES string of the molecule is CCc1nn(C)c(OC)c1CNc1nc(-c2cnccn2)nc2sc3c(c12)CCCC3. The number of aryl methyl sites for hydroxylation is 4. The molecule has 4 aromatic rings. The third-order valence-corrected chi connectivity index (χ3v) is 6.92. The van der Waals surface area contributed by atoms with Gasteiger partial charge in [-0.25, -0.2) is 19.6 Å². The second-order valence-electron chi connectivity index (χ2n) is 7.64. The smallest absolute Gasteiger partial charge is 0.216 e. The van der Waals surface area contributed by atoms with Crippen LogP contribution in [-0.4, -0.2) is 36.8 Å². The lowest BCUT2D eigenvalue weighted by Crippen LogP contribution is -2.08. The topological polar surface area (TPSA) is 90.6 Å². The van der Waals surface area contributed by atoms with E-state index in [1.807, 2.05) is 7.05 Å². The molecule has 0 amide bonds. The fourth-order valence-corrected chi connectivity index (χ4v) is 5.57. The molecule has 9 heteroatoms. The van der Waals surface area contributed by atoms with Crippen LogP contribution in [0.3, 0.4) is 0 Å². The van der Waals surface area contributed by atoms with Crippen LogP contribution in [0.1, 0.15) is 41.5 Å². The number of hydrogen-bond donors (Lipinski definition) is 1. The van der Waals surface area contributed by atoms with Crippen molar-refractivity contribution >= 4 is 27.4 Å². The number of hydrogen-bond acceptors (Lipinski definition) is 8. The molecule has 4 heterocycles. The number of thiophene rings is 1. The number of aromatic nitrogens is 6. The number of nitrogens with one attached hydrogen (secondary N) is 1. The van der Waals surface area contributed by atoms with E-state index in [4.69, 9.17) is 14.7 Å². The second kappa shape index (κ2) is 8.22. The minimum atomic E-state index is 0.580. The summed E-state index contributed by atoms with van der Waals surface area (Å²) in [5, 5.41) is 9.34. The van der Waals surface area contributed by atoms with Crippen LogP contribution in [0.15, 0.2) is 18.6 Å². The molecule has 0 radical (unpaired) electrons. The van der Waals surface area contributed by atoms with E-state index < -0.39 is 0 Å². The molecule has 0 saturated heterocycles. The summed E-state index contributed by atoms with van der Waals surface area (Å²) in [5.74, 6) is 2.21. The van der Waals surface area contributed by atoms with Crippen LogP contribution in [0.5, 0.6) is 5.88 Å². The Morgan fingerprint density at radius 3 is 2.84 bits per heavy atom. The molecule has 0 aliphatic heterocycles. The van der Waals surface area contributed by atoms with Gasteiger partial charge in [0.25, 0.3) is 0 Å². The van der Waals surface area contributed by atoms with Gasteiger partial charge < -0.3 is 10.1 Å². The molecule has 1 N–H and O–H groups in total. The molecule has 1 aliphatic carbocycles. The lowest BCUT2D eigenvalue weighted by atomic mass is 9.97. The largest absolute Gasteiger partial charge is 0.481 e. The zero-order valence-corrected chi connectivity index (χ0v) is 18.8. The number of nitrogens with zero attached hydrogens (tertiary/aromatic N) is 6. The molecule has 5 rings (SSSR count). The third-order valence-electron chi connectivity index (χ3n) is 5.74. The Morgan fingerprint density at radius 1 is 1.19 bits per heavy atom. The van der Waals surface area contributed by atoms with Crippen LogP contribution in [0.4, 0.5) is 5.82 Å². The molecule has 4 aromatic heterocycles. The van der Waals surface area contributed by atoms with E-state index in [9.17, 15) is 0 Å². The average Bonchev–Trinajstić information content (AvgIpc) is 3.34. The van der Waals surface area contributed by atoms with Gasteiger partial charge in [-0.05, 0) is 37.7 Å². The number of ether oxygens (including phenoxy) is 1. The van der Waals surface area contributed by atoms with Gasteiger partial charge in [-0.1, -0.05) is 6.92 Å². The van der Waals surface area contributed by atoms with E-state index in [0.29, 0.717) is 18.1 Å². The number of methoxy groups -OCH3 is 1. The molecule has 0 saturated carbocycles. The molecule has 0 spiro atoms. The quantitative estimate of drug-likeness (QED) is 0.490. The molecular weight excluding hydrogens is 410 g/mol. The monoisotopic (exact) mass is 435 g/mol. The van der Waals surface area contributed by atoms with E-state index in [1.165, 1.54) is 23.3 Å². The predicted octanol–water partition coefficient (Wildman–Crippen LogP) is 3.94. The van der Waals surface area contributed by atoms with Gasteiger partial charge in [-0.2, -0.15) is 5.10 Å². The van der Waals surface area contributed by atoms with Gasteiger partial charge in [0.2, 0.25) is 5.88 Å². The lowest BCUT2D eigenvalue weighted by Gasteiger charge is -2.14. The standard InChI is InChI=1S/C22H25N7OS/c1-4-15-14(22(30-3)29(2)28-15)11-25-20-18-13-7-5-6-8-17(13)31-21(18)27-19(26-20)16-12-23-9-10-24-16/h9-10,12H,4-8,11H2,1-3H3,(H,25,26,27). The normalized spacial score (nSPS) is 13.4. The van der Waals surface area contributed by atoms with Crippen LogP contribution in [0.2, 0.25) is 0 Å². The molecule has 1 aliphatic rings. The van der Waals surface area contributed by atoms with Crippen LogP contribution in [-0.2, 0) is 32.9 Å². The fourth-order valence-electron chi connectivity index (χ4n) is 4.31. The maximum atomic E-state index is 5.61. The lowest BCUT2D eigenvalue weighted by molar-refractivity contribution is 0.370. The van der Waals surface area contributed by atoms with Crippen LogP contribution >= 0.6 is 11.3 Å². The summed E-state index contributed by atoms with van der Waals surface area (Å²) in [5.41, 5.74) is 4.16. The van der Waals surface area contributed by atoms with Gasteiger partial charge in [0.05, 0.1) is 30.0 Å².